The number of hydrogen-bond donors (Lipinski definition) is 2. The summed E-state index contributed by atoms with van der Waals surface area (Å²) in [5, 5.41) is 14.3. The van der Waals surface area contributed by atoms with Crippen molar-refractivity contribution in [3.8, 4) is 11.5 Å². The third kappa shape index (κ3) is 3.59. The van der Waals surface area contributed by atoms with Crippen LogP contribution in [0.3, 0.4) is 0 Å². The van der Waals surface area contributed by atoms with Gasteiger partial charge in [0.25, 0.3) is 0 Å². The number of nitrogens with zero attached hydrogens (tertiary/aromatic N) is 1. The van der Waals surface area contributed by atoms with E-state index >= 15 is 0 Å². The Labute approximate surface area is 162 Å². The lowest BCUT2D eigenvalue weighted by molar-refractivity contribution is -0.120. The molecule has 3 rings (SSSR count). The number of allylic oxidation sites excluding steroid dienone is 1. The fraction of sp³-hybridized carbons (Fsp3) is 0.190. The van der Waals surface area contributed by atoms with Gasteiger partial charge < -0.3 is 14.6 Å². The second-order valence-corrected chi connectivity index (χ2v) is 6.20. The van der Waals surface area contributed by atoms with E-state index in [9.17, 15) is 14.7 Å². The maximum atomic E-state index is 12.5. The van der Waals surface area contributed by atoms with Crippen LogP contribution in [0.5, 0.6) is 11.5 Å². The number of benzene rings is 2. The van der Waals surface area contributed by atoms with Gasteiger partial charge >= 0.3 is 0 Å². The molecule has 28 heavy (non-hydrogen) atoms. The lowest BCUT2D eigenvalue weighted by Crippen LogP contribution is -2.22. The van der Waals surface area contributed by atoms with E-state index in [1.54, 1.807) is 49.4 Å². The molecule has 0 radical (unpaired) electrons. The van der Waals surface area contributed by atoms with Crippen LogP contribution in [0.2, 0.25) is 0 Å². The fourth-order valence-electron chi connectivity index (χ4n) is 3.02. The highest BCUT2D eigenvalue weighted by Gasteiger charge is 2.31. The molecule has 0 heterocycles. The molecule has 144 valence electrons. The molecule has 0 aliphatic heterocycles. The molecule has 0 atom stereocenters. The number of ketones is 1. The molecule has 1 aliphatic carbocycles. The van der Waals surface area contributed by atoms with E-state index in [4.69, 9.17) is 9.47 Å². The molecule has 2 aromatic rings. The molecule has 1 aliphatic rings. The number of hydrogen-bond acceptors (Lipinski definition) is 6. The van der Waals surface area contributed by atoms with Gasteiger partial charge in [-0.15, -0.1) is 0 Å². The number of rotatable bonds is 6. The number of Topliss-reactive ketones (excluding diaryl/α,β-unsaturated/α-hetero) is 1. The van der Waals surface area contributed by atoms with Crippen LogP contribution in [0.15, 0.2) is 53.1 Å². The molecular formula is C21H20N2O5. The van der Waals surface area contributed by atoms with Gasteiger partial charge in [0.1, 0.15) is 5.76 Å². The van der Waals surface area contributed by atoms with Gasteiger partial charge in [0, 0.05) is 11.1 Å². The molecule has 0 fully saturated rings. The van der Waals surface area contributed by atoms with E-state index in [1.807, 2.05) is 0 Å². The molecular weight excluding hydrogens is 360 g/mol. The SMILES string of the molecule is COc1ccc(CC(=O)N/N=C(/C)C2=C(O)c3ccccc3C2=O)cc1OC. The topological polar surface area (TPSA) is 97.2 Å². The number of nitrogens with one attached hydrogen (secondary N) is 1. The second kappa shape index (κ2) is 7.96. The first-order chi connectivity index (χ1) is 13.5. The predicted octanol–water partition coefficient (Wildman–Crippen LogP) is 2.90. The van der Waals surface area contributed by atoms with Gasteiger partial charge in [0.15, 0.2) is 17.3 Å². The summed E-state index contributed by atoms with van der Waals surface area (Å²) in [5.41, 5.74) is 4.35. The molecule has 0 spiro atoms. The number of carbonyl (C=O) groups excluding carboxylic acids is 2. The zero-order valence-electron chi connectivity index (χ0n) is 15.8. The van der Waals surface area contributed by atoms with E-state index in [-0.39, 0.29) is 35.2 Å². The average molecular weight is 380 g/mol. The first-order valence-electron chi connectivity index (χ1n) is 8.58. The standard InChI is InChI=1S/C21H20N2O5/c1-12(19-20(25)14-6-4-5-7-15(14)21(19)26)22-23-18(24)11-13-8-9-16(27-2)17(10-13)28-3/h4-10,25H,11H2,1-3H3,(H,23,24)/b22-12-. The number of carbonyl (C=O) groups is 2. The van der Waals surface area contributed by atoms with E-state index < -0.39 is 0 Å². The van der Waals surface area contributed by atoms with Crippen molar-refractivity contribution in [2.75, 3.05) is 14.2 Å². The van der Waals surface area contributed by atoms with Crippen molar-refractivity contribution in [2.24, 2.45) is 5.10 Å². The largest absolute Gasteiger partial charge is 0.506 e. The van der Waals surface area contributed by atoms with Crippen molar-refractivity contribution in [1.82, 2.24) is 5.43 Å². The monoisotopic (exact) mass is 380 g/mol. The summed E-state index contributed by atoms with van der Waals surface area (Å²) in [6.45, 7) is 1.56. The van der Waals surface area contributed by atoms with Gasteiger partial charge in [0.05, 0.1) is 31.9 Å². The molecule has 0 saturated carbocycles. The zero-order chi connectivity index (χ0) is 20.3. The molecule has 7 heteroatoms. The number of hydrazone groups is 1. The lowest BCUT2D eigenvalue weighted by atomic mass is 10.1. The van der Waals surface area contributed by atoms with Crippen LogP contribution in [0.25, 0.3) is 5.76 Å². The van der Waals surface area contributed by atoms with Gasteiger partial charge in [0.2, 0.25) is 5.91 Å². The maximum Gasteiger partial charge on any atom is 0.244 e. The highest BCUT2D eigenvalue weighted by molar-refractivity contribution is 6.35. The van der Waals surface area contributed by atoms with Gasteiger partial charge in [-0.25, -0.2) is 5.43 Å². The third-order valence-electron chi connectivity index (χ3n) is 4.41. The summed E-state index contributed by atoms with van der Waals surface area (Å²) in [6.07, 6.45) is 0.0658. The minimum atomic E-state index is -0.366. The van der Waals surface area contributed by atoms with Crippen LogP contribution in [-0.2, 0) is 11.2 Å². The van der Waals surface area contributed by atoms with Crippen LogP contribution in [0.1, 0.15) is 28.4 Å². The Bertz CT molecular complexity index is 1010. The van der Waals surface area contributed by atoms with Crippen LogP contribution < -0.4 is 14.9 Å². The van der Waals surface area contributed by atoms with E-state index in [0.717, 1.165) is 5.56 Å². The summed E-state index contributed by atoms with van der Waals surface area (Å²) in [5.74, 6) is 0.285. The van der Waals surface area contributed by atoms with Gasteiger partial charge in [-0.2, -0.15) is 5.10 Å². The van der Waals surface area contributed by atoms with Crippen LogP contribution in [-0.4, -0.2) is 36.7 Å². The number of ether oxygens (including phenoxy) is 2. The van der Waals surface area contributed by atoms with Crippen molar-refractivity contribution in [2.45, 2.75) is 13.3 Å². The average Bonchev–Trinajstić information content (AvgIpc) is 2.97. The molecule has 0 bridgehead atoms. The number of methoxy groups -OCH3 is 2. The van der Waals surface area contributed by atoms with Crippen molar-refractivity contribution in [3.63, 3.8) is 0 Å². The third-order valence-corrected chi connectivity index (χ3v) is 4.41. The summed E-state index contributed by atoms with van der Waals surface area (Å²) < 4.78 is 10.4. The van der Waals surface area contributed by atoms with E-state index in [2.05, 4.69) is 10.5 Å². The van der Waals surface area contributed by atoms with Gasteiger partial charge in [-0.05, 0) is 24.6 Å². The number of amides is 1. The summed E-state index contributed by atoms with van der Waals surface area (Å²) in [4.78, 5) is 24.7. The van der Waals surface area contributed by atoms with Crippen LogP contribution >= 0.6 is 0 Å². The molecule has 0 unspecified atom stereocenters. The van der Waals surface area contributed by atoms with E-state index in [0.29, 0.717) is 22.6 Å². The Balaban J connectivity index is 1.71. The Kier molecular flexibility index (Phi) is 5.44. The molecule has 2 N–H and O–H groups in total. The van der Waals surface area contributed by atoms with Crippen molar-refractivity contribution in [3.05, 3.63) is 64.7 Å². The molecule has 0 aromatic heterocycles. The highest BCUT2D eigenvalue weighted by atomic mass is 16.5. The Morgan fingerprint density at radius 3 is 2.39 bits per heavy atom. The Hall–Kier alpha value is -3.61. The smallest absolute Gasteiger partial charge is 0.244 e. The first kappa shape index (κ1) is 19.2. The normalized spacial score (nSPS) is 13.4. The molecule has 1 amide bonds. The van der Waals surface area contributed by atoms with Gasteiger partial charge in [-0.3, -0.25) is 9.59 Å². The second-order valence-electron chi connectivity index (χ2n) is 6.20. The maximum absolute atomic E-state index is 12.5. The minimum absolute atomic E-state index is 0.0658. The fourth-order valence-corrected chi connectivity index (χ4v) is 3.02. The first-order valence-corrected chi connectivity index (χ1v) is 8.58. The predicted molar refractivity (Wildman–Crippen MR) is 105 cm³/mol. The van der Waals surface area contributed by atoms with Crippen molar-refractivity contribution in [1.29, 1.82) is 0 Å². The quantitative estimate of drug-likeness (QED) is 0.593. The Morgan fingerprint density at radius 1 is 1.07 bits per heavy atom. The lowest BCUT2D eigenvalue weighted by Gasteiger charge is -2.09. The number of aliphatic hydroxyl groups excluding tert-OH is 1. The molecule has 7 nitrogen and oxygen atoms in total. The number of fused-ring (bicyclic) bond motifs is 1. The number of aliphatic hydroxyl groups is 1. The molecule has 2 aromatic carbocycles. The molecule has 0 saturated heterocycles. The summed E-state index contributed by atoms with van der Waals surface area (Å²) in [7, 11) is 3.06. The minimum Gasteiger partial charge on any atom is -0.506 e. The van der Waals surface area contributed by atoms with Crippen molar-refractivity contribution < 1.29 is 24.2 Å². The van der Waals surface area contributed by atoms with E-state index in [1.165, 1.54) is 14.2 Å². The Morgan fingerprint density at radius 2 is 1.75 bits per heavy atom. The van der Waals surface area contributed by atoms with Gasteiger partial charge in [-0.1, -0.05) is 30.3 Å². The van der Waals surface area contributed by atoms with Crippen LogP contribution in [0, 0.1) is 0 Å². The zero-order valence-corrected chi connectivity index (χ0v) is 15.8. The summed E-state index contributed by atoms with van der Waals surface area (Å²) in [6, 6.07) is 12.0. The van der Waals surface area contributed by atoms with Crippen molar-refractivity contribution >= 4 is 23.2 Å². The van der Waals surface area contributed by atoms with Crippen LogP contribution in [0.4, 0.5) is 0 Å². The highest BCUT2D eigenvalue weighted by Crippen LogP contribution is 2.31. The summed E-state index contributed by atoms with van der Waals surface area (Å²) >= 11 is 0.